The van der Waals surface area contributed by atoms with Gasteiger partial charge >= 0.3 is 6.09 Å². The maximum Gasteiger partial charge on any atom is 0.410 e. The van der Waals surface area contributed by atoms with Crippen molar-refractivity contribution in [1.82, 2.24) is 10.5 Å². The zero-order valence-corrected chi connectivity index (χ0v) is 12.1. The summed E-state index contributed by atoms with van der Waals surface area (Å²) in [5, 5.41) is 13.5. The molecule has 0 radical (unpaired) electrons. The summed E-state index contributed by atoms with van der Waals surface area (Å²) in [4.78, 5) is 20.4. The molecule has 2 aliphatic rings. The highest BCUT2D eigenvalue weighted by atomic mass is 32.1. The molecular formula is C12H17N3O4S. The van der Waals surface area contributed by atoms with Gasteiger partial charge in [0.05, 0.1) is 18.8 Å². The van der Waals surface area contributed by atoms with Gasteiger partial charge < -0.3 is 14.7 Å². The standard InChI is InChI=1S/C12H17N3O4S/c1-11(2)3-7-4-19-15-12(7,6-18-11)9-13-8(5-20-9)14-10(16)17/h5,7,14-15H,3-4,6H2,1-2H3,(H,16,17)/t7-,12-/m0/s1. The molecule has 3 N–H and O–H groups in total. The van der Waals surface area contributed by atoms with Crippen LogP contribution in [0.3, 0.4) is 0 Å². The second-order valence-corrected chi connectivity index (χ2v) is 6.66. The Morgan fingerprint density at radius 2 is 2.45 bits per heavy atom. The van der Waals surface area contributed by atoms with E-state index in [0.29, 0.717) is 19.0 Å². The summed E-state index contributed by atoms with van der Waals surface area (Å²) in [7, 11) is 0. The first-order chi connectivity index (χ1) is 9.41. The smallest absolute Gasteiger partial charge is 0.410 e. The number of nitrogens with zero attached hydrogens (tertiary/aromatic N) is 1. The Bertz CT molecular complexity index is 533. The lowest BCUT2D eigenvalue weighted by atomic mass is 9.77. The minimum Gasteiger partial charge on any atom is -0.465 e. The molecule has 2 atom stereocenters. The topological polar surface area (TPSA) is 92.7 Å². The maximum atomic E-state index is 10.7. The van der Waals surface area contributed by atoms with Crippen LogP contribution < -0.4 is 10.8 Å². The van der Waals surface area contributed by atoms with Crippen LogP contribution in [-0.4, -0.2) is 35.0 Å². The Kier molecular flexibility index (Phi) is 3.20. The fourth-order valence-electron chi connectivity index (χ4n) is 2.76. The maximum absolute atomic E-state index is 10.7. The van der Waals surface area contributed by atoms with Gasteiger partial charge in [-0.2, -0.15) is 5.48 Å². The van der Waals surface area contributed by atoms with E-state index >= 15 is 0 Å². The summed E-state index contributed by atoms with van der Waals surface area (Å²) < 4.78 is 5.91. The number of amides is 1. The molecule has 2 fully saturated rings. The number of ether oxygens (including phenoxy) is 1. The summed E-state index contributed by atoms with van der Waals surface area (Å²) >= 11 is 1.41. The van der Waals surface area contributed by atoms with Crippen LogP contribution >= 0.6 is 11.3 Å². The van der Waals surface area contributed by atoms with E-state index in [9.17, 15) is 4.79 Å². The van der Waals surface area contributed by atoms with E-state index in [4.69, 9.17) is 14.7 Å². The average molecular weight is 299 g/mol. The van der Waals surface area contributed by atoms with Crippen molar-refractivity contribution in [2.75, 3.05) is 18.5 Å². The molecule has 8 heteroatoms. The van der Waals surface area contributed by atoms with Crippen LogP contribution in [0.4, 0.5) is 10.6 Å². The molecule has 20 heavy (non-hydrogen) atoms. The number of carbonyl (C=O) groups is 1. The second kappa shape index (κ2) is 4.66. The molecule has 0 aliphatic carbocycles. The highest BCUT2D eigenvalue weighted by Crippen LogP contribution is 2.45. The number of thiazole rings is 1. The fourth-order valence-corrected chi connectivity index (χ4v) is 3.73. The predicted octanol–water partition coefficient (Wildman–Crippen LogP) is 1.78. The molecule has 0 bridgehead atoms. The molecule has 0 unspecified atom stereocenters. The van der Waals surface area contributed by atoms with Crippen LogP contribution in [0.15, 0.2) is 5.38 Å². The molecule has 110 valence electrons. The van der Waals surface area contributed by atoms with Crippen LogP contribution in [0.25, 0.3) is 0 Å². The molecule has 0 spiro atoms. The molecule has 7 nitrogen and oxygen atoms in total. The third-order valence-corrected chi connectivity index (χ3v) is 4.81. The summed E-state index contributed by atoms with van der Waals surface area (Å²) in [6.07, 6.45) is -0.256. The van der Waals surface area contributed by atoms with E-state index in [1.165, 1.54) is 11.3 Å². The molecular weight excluding hydrogens is 282 g/mol. The Balaban J connectivity index is 1.87. The molecule has 0 aromatic carbocycles. The SMILES string of the molecule is CC1(C)C[C@H]2CON[C@@]2(c2nc(NC(=O)O)cs2)CO1. The average Bonchev–Trinajstić information content (AvgIpc) is 2.94. The summed E-state index contributed by atoms with van der Waals surface area (Å²) in [6, 6.07) is 0. The van der Waals surface area contributed by atoms with Crippen LogP contribution in [0.5, 0.6) is 0 Å². The van der Waals surface area contributed by atoms with Crippen molar-refractivity contribution in [3.8, 4) is 0 Å². The number of nitrogens with one attached hydrogen (secondary N) is 2. The highest BCUT2D eigenvalue weighted by molar-refractivity contribution is 7.10. The number of rotatable bonds is 2. The lowest BCUT2D eigenvalue weighted by Crippen LogP contribution is -2.54. The molecule has 2 aliphatic heterocycles. The number of aromatic nitrogens is 1. The van der Waals surface area contributed by atoms with E-state index in [0.717, 1.165) is 11.4 Å². The zero-order valence-electron chi connectivity index (χ0n) is 11.3. The van der Waals surface area contributed by atoms with Gasteiger partial charge in [-0.1, -0.05) is 0 Å². The quantitative estimate of drug-likeness (QED) is 0.771. The Labute approximate surface area is 120 Å². The number of hydrogen-bond acceptors (Lipinski definition) is 6. The zero-order chi connectivity index (χ0) is 14.4. The van der Waals surface area contributed by atoms with Gasteiger partial charge in [-0.3, -0.25) is 5.32 Å². The first-order valence-corrected chi connectivity index (χ1v) is 7.28. The van der Waals surface area contributed by atoms with Gasteiger partial charge in [0.1, 0.15) is 16.4 Å². The summed E-state index contributed by atoms with van der Waals surface area (Å²) in [6.45, 7) is 5.20. The first kappa shape index (κ1) is 13.7. The van der Waals surface area contributed by atoms with E-state index in [-0.39, 0.29) is 11.5 Å². The normalized spacial score (nSPS) is 31.8. The van der Waals surface area contributed by atoms with E-state index < -0.39 is 11.6 Å². The van der Waals surface area contributed by atoms with Crippen molar-refractivity contribution in [3.05, 3.63) is 10.4 Å². The predicted molar refractivity (Wildman–Crippen MR) is 72.7 cm³/mol. The Morgan fingerprint density at radius 1 is 1.65 bits per heavy atom. The van der Waals surface area contributed by atoms with Gasteiger partial charge in [0, 0.05) is 11.3 Å². The van der Waals surface area contributed by atoms with Crippen LogP contribution in [-0.2, 0) is 15.1 Å². The number of anilines is 1. The van der Waals surface area contributed by atoms with Crippen molar-refractivity contribution >= 4 is 23.2 Å². The van der Waals surface area contributed by atoms with Crippen LogP contribution in [0.2, 0.25) is 0 Å². The highest BCUT2D eigenvalue weighted by Gasteiger charge is 2.53. The first-order valence-electron chi connectivity index (χ1n) is 6.40. The molecule has 3 rings (SSSR count). The molecule has 1 aromatic rings. The largest absolute Gasteiger partial charge is 0.465 e. The van der Waals surface area contributed by atoms with Gasteiger partial charge in [0.15, 0.2) is 0 Å². The third kappa shape index (κ3) is 2.28. The second-order valence-electron chi connectivity index (χ2n) is 5.80. The Hall–Kier alpha value is -1.22. The van der Waals surface area contributed by atoms with Gasteiger partial charge in [0.25, 0.3) is 0 Å². The number of fused-ring (bicyclic) bond motifs is 1. The van der Waals surface area contributed by atoms with Gasteiger partial charge in [-0.25, -0.2) is 9.78 Å². The summed E-state index contributed by atoms with van der Waals surface area (Å²) in [5.74, 6) is 0.597. The molecule has 3 heterocycles. The fraction of sp³-hybridized carbons (Fsp3) is 0.667. The molecule has 2 saturated heterocycles. The van der Waals surface area contributed by atoms with Gasteiger partial charge in [-0.15, -0.1) is 11.3 Å². The number of hydroxylamine groups is 1. The minimum absolute atomic E-state index is 0.178. The number of hydrogen-bond donors (Lipinski definition) is 3. The van der Waals surface area contributed by atoms with E-state index in [1.807, 2.05) is 0 Å². The van der Waals surface area contributed by atoms with Crippen LogP contribution in [0, 0.1) is 5.92 Å². The van der Waals surface area contributed by atoms with Crippen LogP contribution in [0.1, 0.15) is 25.3 Å². The van der Waals surface area contributed by atoms with Crippen molar-refractivity contribution in [2.45, 2.75) is 31.4 Å². The number of carboxylic acid groups (broad SMARTS) is 1. The van der Waals surface area contributed by atoms with E-state index in [2.05, 4.69) is 29.6 Å². The monoisotopic (exact) mass is 299 g/mol. The molecule has 0 saturated carbocycles. The minimum atomic E-state index is -1.12. The third-order valence-electron chi connectivity index (χ3n) is 3.79. The summed E-state index contributed by atoms with van der Waals surface area (Å²) in [5.41, 5.74) is 2.39. The van der Waals surface area contributed by atoms with Gasteiger partial charge in [0.2, 0.25) is 0 Å². The van der Waals surface area contributed by atoms with Gasteiger partial charge in [-0.05, 0) is 20.3 Å². The van der Waals surface area contributed by atoms with Crippen molar-refractivity contribution in [2.24, 2.45) is 5.92 Å². The lowest BCUT2D eigenvalue weighted by Gasteiger charge is -2.43. The molecule has 1 aromatic heterocycles. The molecule has 1 amide bonds. The van der Waals surface area contributed by atoms with Crippen molar-refractivity contribution < 1.29 is 19.5 Å². The van der Waals surface area contributed by atoms with Crippen molar-refractivity contribution in [3.63, 3.8) is 0 Å². The lowest BCUT2D eigenvalue weighted by molar-refractivity contribution is -0.116. The van der Waals surface area contributed by atoms with Crippen molar-refractivity contribution in [1.29, 1.82) is 0 Å². The Morgan fingerprint density at radius 3 is 3.20 bits per heavy atom. The van der Waals surface area contributed by atoms with E-state index in [1.54, 1.807) is 5.38 Å².